The summed E-state index contributed by atoms with van der Waals surface area (Å²) in [4.78, 5) is 43.7. The molecule has 4 rings (SSSR count). The van der Waals surface area contributed by atoms with E-state index in [-0.39, 0.29) is 24.1 Å². The van der Waals surface area contributed by atoms with Gasteiger partial charge in [0.05, 0.1) is 22.9 Å². The number of hydrogen-bond donors (Lipinski definition) is 3. The van der Waals surface area contributed by atoms with Crippen LogP contribution in [0, 0.1) is 0 Å². The number of Topliss-reactive ketones (excluding diaryl/α,β-unsaturated/α-hetero) is 1. The number of unbranched alkanes of at least 4 members (excludes halogenated alkanes) is 1. The first kappa shape index (κ1) is 28.5. The van der Waals surface area contributed by atoms with Crippen LogP contribution in [0.5, 0.6) is 0 Å². The zero-order chi connectivity index (χ0) is 25.3. The van der Waals surface area contributed by atoms with Crippen molar-refractivity contribution in [1.82, 2.24) is 20.5 Å². The number of morpholine rings is 1. The number of halogens is 1. The van der Waals surface area contributed by atoms with Gasteiger partial charge in [-0.2, -0.15) is 0 Å². The van der Waals surface area contributed by atoms with Gasteiger partial charge < -0.3 is 25.4 Å². The maximum atomic E-state index is 13.4. The summed E-state index contributed by atoms with van der Waals surface area (Å²) in [5.74, 6) is -0.578. The predicted molar refractivity (Wildman–Crippen MR) is 144 cm³/mol. The number of ether oxygens (including phenoxy) is 1. The van der Waals surface area contributed by atoms with Crippen molar-refractivity contribution in [3.05, 3.63) is 65.2 Å². The Balaban J connectivity index is 0.00000380. The lowest BCUT2D eigenvalue weighted by Crippen LogP contribution is -2.52. The van der Waals surface area contributed by atoms with Crippen LogP contribution in [0.15, 0.2) is 54.6 Å². The van der Waals surface area contributed by atoms with Gasteiger partial charge in [-0.3, -0.25) is 9.59 Å². The highest BCUT2D eigenvalue weighted by Crippen LogP contribution is 2.23. The van der Waals surface area contributed by atoms with Crippen molar-refractivity contribution < 1.29 is 24.2 Å². The lowest BCUT2D eigenvalue weighted by Gasteiger charge is -2.25. The molecular weight excluding hydrogens is 516 g/mol. The highest BCUT2D eigenvalue weighted by molar-refractivity contribution is 7.20. The van der Waals surface area contributed by atoms with Crippen LogP contribution in [0.2, 0.25) is 0 Å². The van der Waals surface area contributed by atoms with E-state index in [0.717, 1.165) is 15.8 Å². The minimum Gasteiger partial charge on any atom is -0.465 e. The van der Waals surface area contributed by atoms with Gasteiger partial charge in [-0.25, -0.2) is 9.78 Å². The average Bonchev–Trinajstić information content (AvgIpc) is 3.34. The fourth-order valence-corrected chi connectivity index (χ4v) is 5.05. The summed E-state index contributed by atoms with van der Waals surface area (Å²) < 4.78 is 6.45. The third-order valence-electron chi connectivity index (χ3n) is 6.02. The zero-order valence-corrected chi connectivity index (χ0v) is 21.9. The molecule has 2 aromatic carbocycles. The molecule has 3 aromatic rings. The van der Waals surface area contributed by atoms with E-state index in [1.54, 1.807) is 0 Å². The second-order valence-electron chi connectivity index (χ2n) is 8.66. The quantitative estimate of drug-likeness (QED) is 0.247. The van der Waals surface area contributed by atoms with Gasteiger partial charge in [0.25, 0.3) is 5.91 Å². The lowest BCUT2D eigenvalue weighted by atomic mass is 10.0. The normalized spacial score (nSPS) is 15.9. The molecule has 0 saturated carbocycles. The molecule has 1 saturated heterocycles. The number of rotatable bonds is 11. The molecule has 37 heavy (non-hydrogen) atoms. The summed E-state index contributed by atoms with van der Waals surface area (Å²) in [6.07, 6.45) is -0.155. The van der Waals surface area contributed by atoms with Crippen molar-refractivity contribution in [2.45, 2.75) is 38.0 Å². The highest BCUT2D eigenvalue weighted by atomic mass is 35.5. The first-order chi connectivity index (χ1) is 17.5. The molecule has 11 heteroatoms. The van der Waals surface area contributed by atoms with Gasteiger partial charge in [0, 0.05) is 26.2 Å². The fraction of sp³-hybridized carbons (Fsp3) is 0.385. The second kappa shape index (κ2) is 14.0. The van der Waals surface area contributed by atoms with Crippen molar-refractivity contribution in [3.8, 4) is 0 Å². The molecule has 1 aliphatic rings. The molecule has 2 atom stereocenters. The molecule has 9 nitrogen and oxygen atoms in total. The average molecular weight is 547 g/mol. The van der Waals surface area contributed by atoms with Gasteiger partial charge in [-0.05, 0) is 37.0 Å². The maximum Gasteiger partial charge on any atom is 0.407 e. The molecular formula is C26H31ClN4O5S. The van der Waals surface area contributed by atoms with E-state index in [2.05, 4.69) is 15.6 Å². The summed E-state index contributed by atoms with van der Waals surface area (Å²) in [6, 6.07) is 16.2. The molecule has 0 spiro atoms. The molecule has 0 bridgehead atoms. The molecule has 0 aliphatic carbocycles. The van der Waals surface area contributed by atoms with E-state index in [1.165, 1.54) is 16.2 Å². The van der Waals surface area contributed by atoms with Crippen LogP contribution >= 0.6 is 23.7 Å². The van der Waals surface area contributed by atoms with Crippen molar-refractivity contribution in [2.24, 2.45) is 0 Å². The molecule has 0 radical (unpaired) electrons. The second-order valence-corrected chi connectivity index (χ2v) is 9.69. The third kappa shape index (κ3) is 7.96. The zero-order valence-electron chi connectivity index (χ0n) is 20.3. The summed E-state index contributed by atoms with van der Waals surface area (Å²) in [5, 5.41) is 15.9. The van der Waals surface area contributed by atoms with E-state index in [9.17, 15) is 19.5 Å². The van der Waals surface area contributed by atoms with Gasteiger partial charge in [0.2, 0.25) is 5.78 Å². The van der Waals surface area contributed by atoms with Crippen LogP contribution in [0.3, 0.4) is 0 Å². The Morgan fingerprint density at radius 2 is 1.89 bits per heavy atom. The fourth-order valence-electron chi connectivity index (χ4n) is 4.09. The monoisotopic (exact) mass is 546 g/mol. The Kier molecular flexibility index (Phi) is 10.8. The van der Waals surface area contributed by atoms with Crippen LogP contribution in [0.1, 0.15) is 34.6 Å². The smallest absolute Gasteiger partial charge is 0.407 e. The Hall–Kier alpha value is -3.05. The molecule has 2 heterocycles. The van der Waals surface area contributed by atoms with E-state index in [4.69, 9.17) is 4.74 Å². The molecule has 2 amide bonds. The number of para-hydroxylation sites is 1. The lowest BCUT2D eigenvalue weighted by molar-refractivity contribution is -0.134. The first-order valence-corrected chi connectivity index (χ1v) is 12.9. The number of hydrogen-bond acceptors (Lipinski definition) is 7. The van der Waals surface area contributed by atoms with E-state index >= 15 is 0 Å². The summed E-state index contributed by atoms with van der Waals surface area (Å²) in [7, 11) is 0. The van der Waals surface area contributed by atoms with Crippen LogP contribution in [-0.4, -0.2) is 71.2 Å². The number of amides is 2. The van der Waals surface area contributed by atoms with E-state index in [1.807, 2.05) is 54.6 Å². The van der Waals surface area contributed by atoms with Gasteiger partial charge in [-0.1, -0.05) is 42.5 Å². The van der Waals surface area contributed by atoms with Gasteiger partial charge >= 0.3 is 6.09 Å². The Morgan fingerprint density at radius 1 is 1.14 bits per heavy atom. The number of nitrogens with one attached hydrogen (secondary N) is 2. The number of fused-ring (bicyclic) bond motifs is 1. The Labute approximate surface area is 225 Å². The minimum atomic E-state index is -0.990. The van der Waals surface area contributed by atoms with E-state index < -0.39 is 18.2 Å². The predicted octanol–water partition coefficient (Wildman–Crippen LogP) is 3.72. The molecule has 1 unspecified atom stereocenters. The molecule has 1 aliphatic heterocycles. The number of aromatic nitrogens is 1. The minimum absolute atomic E-state index is 0. The van der Waals surface area contributed by atoms with Crippen LogP contribution in [0.25, 0.3) is 10.2 Å². The van der Waals surface area contributed by atoms with Crippen molar-refractivity contribution in [3.63, 3.8) is 0 Å². The number of thiazole rings is 1. The molecule has 198 valence electrons. The van der Waals surface area contributed by atoms with Gasteiger partial charge in [-0.15, -0.1) is 23.7 Å². The summed E-state index contributed by atoms with van der Waals surface area (Å²) in [5.41, 5.74) is 1.66. The van der Waals surface area contributed by atoms with Crippen LogP contribution < -0.4 is 10.6 Å². The largest absolute Gasteiger partial charge is 0.465 e. The number of carbonyl (C=O) groups is 3. The van der Waals surface area contributed by atoms with Crippen LogP contribution in [-0.2, 0) is 16.1 Å². The van der Waals surface area contributed by atoms with E-state index in [0.29, 0.717) is 57.1 Å². The van der Waals surface area contributed by atoms with Crippen molar-refractivity contribution in [2.75, 3.05) is 26.2 Å². The molecule has 3 N–H and O–H groups in total. The van der Waals surface area contributed by atoms with Gasteiger partial charge in [0.15, 0.2) is 5.01 Å². The molecule has 1 aromatic heterocycles. The van der Waals surface area contributed by atoms with Crippen molar-refractivity contribution in [1.29, 1.82) is 0 Å². The van der Waals surface area contributed by atoms with Crippen molar-refractivity contribution >= 4 is 51.7 Å². The first-order valence-electron chi connectivity index (χ1n) is 12.1. The standard InChI is InChI=1S/C26H30N4O5S.ClH/c31-23(25-29-19-10-4-5-12-22(19)36-25)20(28-24(32)21-16-27-13-15-35-21)11-6-7-14-30(26(33)34)17-18-8-2-1-3-9-18;/h1-5,8-10,12,20-21,27H,6-7,11,13-17H2,(H,28,32)(H,33,34);1H/t20-,21?;/m0./s1. The summed E-state index contributed by atoms with van der Waals surface area (Å²) in [6.45, 7) is 2.13. The Morgan fingerprint density at radius 3 is 2.59 bits per heavy atom. The number of benzene rings is 2. The van der Waals surface area contributed by atoms with Gasteiger partial charge in [0.1, 0.15) is 6.10 Å². The summed E-state index contributed by atoms with van der Waals surface area (Å²) >= 11 is 1.30. The number of ketones is 1. The maximum absolute atomic E-state index is 13.4. The SMILES string of the molecule is Cl.O=C(N[C@@H](CCCCN(Cc1ccccc1)C(=O)O)C(=O)c1nc2ccccc2s1)C1CNCCO1. The molecule has 1 fully saturated rings. The third-order valence-corrected chi connectivity index (χ3v) is 7.07. The topological polar surface area (TPSA) is 121 Å². The van der Waals surface area contributed by atoms with Crippen LogP contribution in [0.4, 0.5) is 4.79 Å². The highest BCUT2D eigenvalue weighted by Gasteiger charge is 2.29. The number of carbonyl (C=O) groups excluding carboxylic acids is 2. The number of nitrogens with zero attached hydrogens (tertiary/aromatic N) is 2. The number of carboxylic acid groups (broad SMARTS) is 1. The Bertz CT molecular complexity index is 1150.